The molecule has 24 heavy (non-hydrogen) atoms. The van der Waals surface area contributed by atoms with Crippen LogP contribution in [0, 0.1) is 0 Å². The minimum absolute atomic E-state index is 0.283. The molecular weight excluding hydrogens is 374 g/mol. The third kappa shape index (κ3) is 5.09. The molecule has 0 aliphatic carbocycles. The van der Waals surface area contributed by atoms with E-state index >= 15 is 0 Å². The van der Waals surface area contributed by atoms with Gasteiger partial charge in [0.15, 0.2) is 6.10 Å². The Morgan fingerprint density at radius 3 is 2.62 bits per heavy atom. The summed E-state index contributed by atoms with van der Waals surface area (Å²) in [7, 11) is 0. The molecule has 0 fully saturated rings. The van der Waals surface area contributed by atoms with E-state index in [1.165, 1.54) is 0 Å². The second-order valence-corrected chi connectivity index (χ2v) is 5.92. The third-order valence-corrected chi connectivity index (χ3v) is 3.61. The van der Waals surface area contributed by atoms with Crippen molar-refractivity contribution < 1.29 is 19.1 Å². The number of hydrogen-bond acceptors (Lipinski definition) is 4. The van der Waals surface area contributed by atoms with Gasteiger partial charge in [-0.05, 0) is 50.2 Å². The molecule has 126 valence electrons. The highest BCUT2D eigenvalue weighted by atomic mass is 79.9. The largest absolute Gasteiger partial charge is 0.481 e. The van der Waals surface area contributed by atoms with Gasteiger partial charge in [-0.15, -0.1) is 0 Å². The van der Waals surface area contributed by atoms with E-state index in [0.717, 1.165) is 4.47 Å². The molecule has 0 bridgehead atoms. The Morgan fingerprint density at radius 2 is 1.92 bits per heavy atom. The van der Waals surface area contributed by atoms with Crippen LogP contribution >= 0.6 is 15.9 Å². The number of anilines is 1. The van der Waals surface area contributed by atoms with Crippen LogP contribution in [0.25, 0.3) is 0 Å². The normalized spacial score (nSPS) is 11.5. The van der Waals surface area contributed by atoms with Crippen LogP contribution in [-0.4, -0.2) is 24.6 Å². The van der Waals surface area contributed by atoms with E-state index in [4.69, 9.17) is 9.47 Å². The molecule has 0 unspecified atom stereocenters. The lowest BCUT2D eigenvalue weighted by molar-refractivity contribution is -0.122. The monoisotopic (exact) mass is 391 g/mol. The van der Waals surface area contributed by atoms with E-state index < -0.39 is 12.1 Å². The molecule has 2 rings (SSSR count). The molecule has 0 aliphatic heterocycles. The Hall–Kier alpha value is -2.34. The first kappa shape index (κ1) is 18.0. The van der Waals surface area contributed by atoms with Gasteiger partial charge in [-0.25, -0.2) is 4.79 Å². The Bertz CT molecular complexity index is 732. The third-order valence-electron chi connectivity index (χ3n) is 3.12. The topological polar surface area (TPSA) is 64.6 Å². The van der Waals surface area contributed by atoms with Crippen LogP contribution in [0.3, 0.4) is 0 Å². The van der Waals surface area contributed by atoms with Crippen molar-refractivity contribution in [2.75, 3.05) is 11.9 Å². The molecule has 2 aromatic rings. The van der Waals surface area contributed by atoms with Crippen LogP contribution in [-0.2, 0) is 9.53 Å². The van der Waals surface area contributed by atoms with Crippen molar-refractivity contribution in [1.29, 1.82) is 0 Å². The zero-order valence-corrected chi connectivity index (χ0v) is 15.0. The van der Waals surface area contributed by atoms with Gasteiger partial charge >= 0.3 is 5.97 Å². The Kier molecular flexibility index (Phi) is 6.37. The van der Waals surface area contributed by atoms with Crippen LogP contribution in [0.1, 0.15) is 24.2 Å². The highest BCUT2D eigenvalue weighted by molar-refractivity contribution is 9.10. The van der Waals surface area contributed by atoms with Crippen molar-refractivity contribution in [3.05, 3.63) is 58.6 Å². The lowest BCUT2D eigenvalue weighted by atomic mass is 10.2. The molecule has 0 aliphatic rings. The summed E-state index contributed by atoms with van der Waals surface area (Å²) in [6.45, 7) is 3.69. The molecule has 1 atom stereocenters. The number of rotatable bonds is 6. The molecule has 0 saturated heterocycles. The number of esters is 1. The number of ether oxygens (including phenoxy) is 2. The van der Waals surface area contributed by atoms with Crippen molar-refractivity contribution in [1.82, 2.24) is 0 Å². The summed E-state index contributed by atoms with van der Waals surface area (Å²) >= 11 is 3.35. The quantitative estimate of drug-likeness (QED) is 0.754. The number of halogens is 1. The van der Waals surface area contributed by atoms with Gasteiger partial charge < -0.3 is 14.8 Å². The van der Waals surface area contributed by atoms with Crippen LogP contribution in [0.15, 0.2) is 53.0 Å². The van der Waals surface area contributed by atoms with Crippen molar-refractivity contribution in [3.63, 3.8) is 0 Å². The molecule has 1 N–H and O–H groups in total. The minimum atomic E-state index is -0.721. The summed E-state index contributed by atoms with van der Waals surface area (Å²) in [6.07, 6.45) is -0.721. The smallest absolute Gasteiger partial charge is 0.338 e. The van der Waals surface area contributed by atoms with E-state index in [2.05, 4.69) is 21.2 Å². The number of amides is 1. The highest BCUT2D eigenvalue weighted by Gasteiger charge is 2.16. The molecule has 6 heteroatoms. The van der Waals surface area contributed by atoms with Crippen LogP contribution in [0.2, 0.25) is 0 Å². The predicted octanol–water partition coefficient (Wildman–Crippen LogP) is 4.03. The molecular formula is C18H18BrNO4. The van der Waals surface area contributed by atoms with Crippen molar-refractivity contribution in [2.45, 2.75) is 20.0 Å². The average Bonchev–Trinajstić information content (AvgIpc) is 2.55. The summed E-state index contributed by atoms with van der Waals surface area (Å²) in [5.74, 6) is -0.277. The maximum absolute atomic E-state index is 12.2. The Labute approximate surface area is 149 Å². The fourth-order valence-electron chi connectivity index (χ4n) is 1.98. The maximum Gasteiger partial charge on any atom is 0.338 e. The van der Waals surface area contributed by atoms with E-state index in [-0.39, 0.29) is 5.91 Å². The van der Waals surface area contributed by atoms with E-state index in [1.54, 1.807) is 50.2 Å². The predicted molar refractivity (Wildman–Crippen MR) is 95.3 cm³/mol. The van der Waals surface area contributed by atoms with Crippen LogP contribution < -0.4 is 10.1 Å². The van der Waals surface area contributed by atoms with E-state index in [9.17, 15) is 9.59 Å². The van der Waals surface area contributed by atoms with Gasteiger partial charge in [0.25, 0.3) is 5.91 Å². The van der Waals surface area contributed by atoms with Gasteiger partial charge in [-0.3, -0.25) is 4.79 Å². The first-order valence-electron chi connectivity index (χ1n) is 7.50. The number of benzene rings is 2. The summed E-state index contributed by atoms with van der Waals surface area (Å²) in [4.78, 5) is 23.9. The fraction of sp³-hybridized carbons (Fsp3) is 0.222. The molecule has 5 nitrogen and oxygen atoms in total. The number of carbonyl (C=O) groups excluding carboxylic acids is 2. The van der Waals surface area contributed by atoms with Gasteiger partial charge in [0.1, 0.15) is 5.75 Å². The second-order valence-electron chi connectivity index (χ2n) is 5.01. The second kappa shape index (κ2) is 8.49. The lowest BCUT2D eigenvalue weighted by Gasteiger charge is -2.15. The Balaban J connectivity index is 2.01. The first-order valence-corrected chi connectivity index (χ1v) is 8.29. The first-order chi connectivity index (χ1) is 11.5. The minimum Gasteiger partial charge on any atom is -0.481 e. The molecule has 0 saturated carbocycles. The molecule has 0 heterocycles. The zero-order chi connectivity index (χ0) is 17.5. The lowest BCUT2D eigenvalue weighted by Crippen LogP contribution is -2.30. The Morgan fingerprint density at radius 1 is 1.17 bits per heavy atom. The summed E-state index contributed by atoms with van der Waals surface area (Å²) in [6, 6.07) is 13.8. The molecule has 0 radical (unpaired) electrons. The molecule has 2 aromatic carbocycles. The van der Waals surface area contributed by atoms with Crippen molar-refractivity contribution >= 4 is 33.5 Å². The molecule has 0 spiro atoms. The average molecular weight is 392 g/mol. The maximum atomic E-state index is 12.2. The van der Waals surface area contributed by atoms with Gasteiger partial charge in [0.05, 0.1) is 12.2 Å². The van der Waals surface area contributed by atoms with Crippen molar-refractivity contribution in [3.8, 4) is 5.75 Å². The van der Waals surface area contributed by atoms with E-state index in [0.29, 0.717) is 23.6 Å². The number of nitrogens with one attached hydrogen (secondary N) is 1. The highest BCUT2D eigenvalue weighted by Crippen LogP contribution is 2.18. The molecule has 1 amide bonds. The van der Waals surface area contributed by atoms with Gasteiger partial charge in [0.2, 0.25) is 0 Å². The molecule has 0 aromatic heterocycles. The standard InChI is InChI=1S/C18H18BrNO4/c1-3-23-18(22)13-6-4-9-16(10-13)24-12(2)17(21)20-15-8-5-7-14(19)11-15/h4-12H,3H2,1-2H3,(H,20,21)/t12-/m0/s1. The van der Waals surface area contributed by atoms with Gasteiger partial charge in [-0.1, -0.05) is 28.1 Å². The fourth-order valence-corrected chi connectivity index (χ4v) is 2.38. The van der Waals surface area contributed by atoms with Crippen LogP contribution in [0.5, 0.6) is 5.75 Å². The summed E-state index contributed by atoms with van der Waals surface area (Å²) < 4.78 is 11.4. The van der Waals surface area contributed by atoms with Gasteiger partial charge in [-0.2, -0.15) is 0 Å². The zero-order valence-electron chi connectivity index (χ0n) is 13.4. The summed E-state index contributed by atoms with van der Waals surface area (Å²) in [5, 5.41) is 2.77. The van der Waals surface area contributed by atoms with E-state index in [1.807, 2.05) is 12.1 Å². The number of hydrogen-bond donors (Lipinski definition) is 1. The SMILES string of the molecule is CCOC(=O)c1cccc(O[C@@H](C)C(=O)Nc2cccc(Br)c2)c1. The number of carbonyl (C=O) groups is 2. The van der Waals surface area contributed by atoms with Gasteiger partial charge in [0, 0.05) is 10.2 Å². The van der Waals surface area contributed by atoms with Crippen molar-refractivity contribution in [2.24, 2.45) is 0 Å². The van der Waals surface area contributed by atoms with Crippen LogP contribution in [0.4, 0.5) is 5.69 Å². The summed E-state index contributed by atoms with van der Waals surface area (Å²) in [5.41, 5.74) is 1.05.